The van der Waals surface area contributed by atoms with E-state index in [1.165, 1.54) is 25.3 Å². The highest BCUT2D eigenvalue weighted by molar-refractivity contribution is 5.91. The second kappa shape index (κ2) is 7.22. The van der Waals surface area contributed by atoms with Crippen LogP contribution in [0.4, 0.5) is 11.4 Å². The maximum absolute atomic E-state index is 11.6. The lowest BCUT2D eigenvalue weighted by atomic mass is 9.98. The van der Waals surface area contributed by atoms with Crippen molar-refractivity contribution in [3.63, 3.8) is 0 Å². The van der Waals surface area contributed by atoms with Crippen molar-refractivity contribution < 1.29 is 14.5 Å². The van der Waals surface area contributed by atoms with Crippen molar-refractivity contribution in [2.45, 2.75) is 12.8 Å². The summed E-state index contributed by atoms with van der Waals surface area (Å²) in [5.41, 5.74) is 0.634. The molecule has 1 aliphatic heterocycles. The molecule has 0 amide bonds. The third-order valence-electron chi connectivity index (χ3n) is 3.92. The van der Waals surface area contributed by atoms with E-state index in [1.807, 2.05) is 0 Å². The highest BCUT2D eigenvalue weighted by atomic mass is 16.6. The Morgan fingerprint density at radius 3 is 2.95 bits per heavy atom. The molecule has 1 aromatic carbocycles. The number of anilines is 1. The van der Waals surface area contributed by atoms with E-state index in [-0.39, 0.29) is 5.69 Å². The van der Waals surface area contributed by atoms with Crippen molar-refractivity contribution in [3.05, 3.63) is 33.9 Å². The number of nitro benzene ring substituents is 1. The third kappa shape index (κ3) is 3.94. The molecule has 2 rings (SSSR count). The molecule has 1 N–H and O–H groups in total. The van der Waals surface area contributed by atoms with Crippen LogP contribution in [0.15, 0.2) is 18.2 Å². The first-order valence-corrected chi connectivity index (χ1v) is 7.30. The normalized spacial score (nSPS) is 18.7. The number of esters is 1. The molecule has 1 aliphatic rings. The monoisotopic (exact) mass is 307 g/mol. The lowest BCUT2D eigenvalue weighted by Gasteiger charge is -2.29. The van der Waals surface area contributed by atoms with E-state index in [2.05, 4.69) is 22.0 Å². The Hall–Kier alpha value is -2.15. The molecule has 22 heavy (non-hydrogen) atoms. The van der Waals surface area contributed by atoms with Crippen LogP contribution in [-0.2, 0) is 4.74 Å². The summed E-state index contributed by atoms with van der Waals surface area (Å²) < 4.78 is 4.66. The Morgan fingerprint density at radius 2 is 2.32 bits per heavy atom. The second-order valence-electron chi connectivity index (χ2n) is 5.63. The average molecular weight is 307 g/mol. The molecule has 1 atom stereocenters. The molecule has 7 nitrogen and oxygen atoms in total. The summed E-state index contributed by atoms with van der Waals surface area (Å²) >= 11 is 0. The minimum atomic E-state index is -0.504. The number of ether oxygens (including phenoxy) is 1. The van der Waals surface area contributed by atoms with Crippen molar-refractivity contribution in [1.82, 2.24) is 4.90 Å². The number of carbonyl (C=O) groups excluding carboxylic acids is 1. The minimum absolute atomic E-state index is 0.0307. The largest absolute Gasteiger partial charge is 0.465 e. The summed E-state index contributed by atoms with van der Waals surface area (Å²) in [6.07, 6.45) is 2.23. The number of nitro groups is 1. The van der Waals surface area contributed by atoms with E-state index in [4.69, 9.17) is 0 Å². The molecule has 7 heteroatoms. The molecule has 1 heterocycles. The molecule has 0 saturated carbocycles. The van der Waals surface area contributed by atoms with Crippen LogP contribution >= 0.6 is 0 Å². The Labute approximate surface area is 129 Å². The van der Waals surface area contributed by atoms with E-state index in [0.29, 0.717) is 23.7 Å². The van der Waals surface area contributed by atoms with Gasteiger partial charge in [0.15, 0.2) is 0 Å². The molecule has 0 bridgehead atoms. The first kappa shape index (κ1) is 16.2. The zero-order valence-electron chi connectivity index (χ0n) is 12.9. The fourth-order valence-electron chi connectivity index (χ4n) is 2.78. The van der Waals surface area contributed by atoms with Gasteiger partial charge in [0.2, 0.25) is 0 Å². The number of rotatable bonds is 5. The second-order valence-corrected chi connectivity index (χ2v) is 5.63. The molecule has 0 spiro atoms. The number of nitrogens with zero attached hydrogens (tertiary/aromatic N) is 2. The first-order valence-electron chi connectivity index (χ1n) is 7.30. The van der Waals surface area contributed by atoms with Crippen LogP contribution in [0.2, 0.25) is 0 Å². The van der Waals surface area contributed by atoms with Crippen LogP contribution < -0.4 is 5.32 Å². The van der Waals surface area contributed by atoms with Crippen LogP contribution in [0.25, 0.3) is 0 Å². The van der Waals surface area contributed by atoms with E-state index in [0.717, 1.165) is 25.9 Å². The van der Waals surface area contributed by atoms with Gasteiger partial charge in [-0.2, -0.15) is 0 Å². The van der Waals surface area contributed by atoms with Crippen molar-refractivity contribution in [2.75, 3.05) is 39.1 Å². The molecule has 0 aliphatic carbocycles. The Bertz CT molecular complexity index is 562. The number of likely N-dealkylation sites (tertiary alicyclic amines) is 1. The predicted octanol–water partition coefficient (Wildman–Crippen LogP) is 2.14. The molecule has 1 fully saturated rings. The number of piperidine rings is 1. The molecule has 0 radical (unpaired) electrons. The van der Waals surface area contributed by atoms with Crippen LogP contribution in [-0.4, -0.2) is 49.6 Å². The molecule has 120 valence electrons. The zero-order valence-corrected chi connectivity index (χ0v) is 12.9. The average Bonchev–Trinajstić information content (AvgIpc) is 2.51. The van der Waals surface area contributed by atoms with Gasteiger partial charge in [-0.3, -0.25) is 10.1 Å². The molecular weight excluding hydrogens is 286 g/mol. The van der Waals surface area contributed by atoms with Gasteiger partial charge in [-0.15, -0.1) is 0 Å². The fraction of sp³-hybridized carbons (Fsp3) is 0.533. The molecule has 1 aromatic rings. The number of benzene rings is 1. The topological polar surface area (TPSA) is 84.7 Å². The fourth-order valence-corrected chi connectivity index (χ4v) is 2.78. The van der Waals surface area contributed by atoms with E-state index >= 15 is 0 Å². The Morgan fingerprint density at radius 1 is 1.55 bits per heavy atom. The van der Waals surface area contributed by atoms with Crippen LogP contribution in [0.1, 0.15) is 23.2 Å². The summed E-state index contributed by atoms with van der Waals surface area (Å²) in [7, 11) is 3.36. The number of carbonyl (C=O) groups is 1. The van der Waals surface area contributed by atoms with Gasteiger partial charge in [-0.25, -0.2) is 4.79 Å². The Balaban J connectivity index is 2.12. The van der Waals surface area contributed by atoms with E-state index in [9.17, 15) is 14.9 Å². The number of hydrogen-bond donors (Lipinski definition) is 1. The minimum Gasteiger partial charge on any atom is -0.465 e. The highest BCUT2D eigenvalue weighted by Crippen LogP contribution is 2.27. The first-order chi connectivity index (χ1) is 10.5. The van der Waals surface area contributed by atoms with Gasteiger partial charge >= 0.3 is 5.97 Å². The SMILES string of the molecule is COC(=O)c1ccc([N+](=O)[O-])c(NCC2CCCN(C)C2)c1. The maximum atomic E-state index is 11.6. The highest BCUT2D eigenvalue weighted by Gasteiger charge is 2.20. The molecule has 0 aromatic heterocycles. The third-order valence-corrected chi connectivity index (χ3v) is 3.92. The number of methoxy groups -OCH3 is 1. The summed E-state index contributed by atoms with van der Waals surface area (Å²) in [4.78, 5) is 24.5. The summed E-state index contributed by atoms with van der Waals surface area (Å²) in [5, 5.41) is 14.2. The van der Waals surface area contributed by atoms with Crippen LogP contribution in [0.3, 0.4) is 0 Å². The number of hydrogen-bond acceptors (Lipinski definition) is 6. The van der Waals surface area contributed by atoms with Gasteiger partial charge < -0.3 is 15.0 Å². The van der Waals surface area contributed by atoms with Gasteiger partial charge in [-0.1, -0.05) is 0 Å². The lowest BCUT2D eigenvalue weighted by Crippen LogP contribution is -2.35. The van der Waals surface area contributed by atoms with Crippen molar-refractivity contribution in [3.8, 4) is 0 Å². The van der Waals surface area contributed by atoms with E-state index in [1.54, 1.807) is 0 Å². The number of nitrogens with one attached hydrogen (secondary N) is 1. The smallest absolute Gasteiger partial charge is 0.337 e. The van der Waals surface area contributed by atoms with Gasteiger partial charge in [-0.05, 0) is 44.5 Å². The summed E-state index contributed by atoms with van der Waals surface area (Å²) in [6, 6.07) is 4.22. The van der Waals surface area contributed by atoms with Gasteiger partial charge in [0.25, 0.3) is 5.69 Å². The van der Waals surface area contributed by atoms with E-state index < -0.39 is 10.9 Å². The maximum Gasteiger partial charge on any atom is 0.337 e. The van der Waals surface area contributed by atoms with Gasteiger partial charge in [0.1, 0.15) is 5.69 Å². The van der Waals surface area contributed by atoms with Gasteiger partial charge in [0.05, 0.1) is 17.6 Å². The van der Waals surface area contributed by atoms with Crippen LogP contribution in [0, 0.1) is 16.0 Å². The summed E-state index contributed by atoms with van der Waals surface area (Å²) in [5.74, 6) is -0.0597. The molecular formula is C15H21N3O4. The van der Waals surface area contributed by atoms with Crippen molar-refractivity contribution >= 4 is 17.3 Å². The van der Waals surface area contributed by atoms with Crippen LogP contribution in [0.5, 0.6) is 0 Å². The van der Waals surface area contributed by atoms with Crippen molar-refractivity contribution in [2.24, 2.45) is 5.92 Å². The Kier molecular flexibility index (Phi) is 5.32. The standard InChI is InChI=1S/C15H21N3O4/c1-17-7-3-4-11(10-17)9-16-13-8-12(15(19)22-2)5-6-14(13)18(20)21/h5-6,8,11,16H,3-4,7,9-10H2,1-2H3. The van der Waals surface area contributed by atoms with Gasteiger partial charge in [0, 0.05) is 19.2 Å². The zero-order chi connectivity index (χ0) is 16.1. The summed E-state index contributed by atoms with van der Waals surface area (Å²) in [6.45, 7) is 2.71. The quantitative estimate of drug-likeness (QED) is 0.509. The lowest BCUT2D eigenvalue weighted by molar-refractivity contribution is -0.384. The molecule has 1 saturated heterocycles. The van der Waals surface area contributed by atoms with Crippen molar-refractivity contribution in [1.29, 1.82) is 0 Å². The molecule has 1 unspecified atom stereocenters. The predicted molar refractivity (Wildman–Crippen MR) is 83.1 cm³/mol.